The maximum Gasteiger partial charge on any atom is 0.411 e. The van der Waals surface area contributed by atoms with E-state index in [1.54, 1.807) is 12.1 Å². The van der Waals surface area contributed by atoms with Crippen LogP contribution in [0.25, 0.3) is 0 Å². The number of Topliss-reactive ketones (excluding diaryl/α,β-unsaturated/α-hetero) is 1. The summed E-state index contributed by atoms with van der Waals surface area (Å²) in [5.41, 5.74) is 0.831. The Bertz CT molecular complexity index is 1120. The SMILES string of the molecule is CNC(=O)C(=O)C(C[C@@H]1CCNC1=O)NC(=O)c1cc(Cl)ccc1NC(=O)OCc1ccccc1. The van der Waals surface area contributed by atoms with Crippen LogP contribution in [0.3, 0.4) is 0 Å². The van der Waals surface area contributed by atoms with Gasteiger partial charge in [0.15, 0.2) is 0 Å². The molecule has 1 saturated heterocycles. The highest BCUT2D eigenvalue weighted by Crippen LogP contribution is 2.23. The number of hydrogen-bond acceptors (Lipinski definition) is 6. The number of halogens is 1. The van der Waals surface area contributed by atoms with Gasteiger partial charge in [0.05, 0.1) is 17.3 Å². The standard InChI is InChI=1S/C24H25ClN4O6/c1-26-23(33)20(30)19(11-15-9-10-27-21(15)31)28-22(32)17-12-16(25)7-8-18(17)29-24(34)35-13-14-5-3-2-4-6-14/h2-8,12,15,19H,9-11,13H2,1H3,(H,26,33)(H,27,31)(H,28,32)(H,29,34)/t15-,19?/m0/s1. The normalized spacial score (nSPS) is 15.5. The molecule has 1 heterocycles. The quantitative estimate of drug-likeness (QED) is 0.388. The topological polar surface area (TPSA) is 143 Å². The van der Waals surface area contributed by atoms with Gasteiger partial charge in [-0.2, -0.15) is 0 Å². The van der Waals surface area contributed by atoms with Crippen molar-refractivity contribution >= 4 is 46.9 Å². The molecular formula is C24H25ClN4O6. The number of ether oxygens (including phenoxy) is 1. The first-order chi connectivity index (χ1) is 16.8. The minimum atomic E-state index is -1.26. The predicted molar refractivity (Wildman–Crippen MR) is 128 cm³/mol. The van der Waals surface area contributed by atoms with E-state index in [1.807, 2.05) is 18.2 Å². The molecule has 0 spiro atoms. The second kappa shape index (κ2) is 12.0. The zero-order chi connectivity index (χ0) is 25.4. The summed E-state index contributed by atoms with van der Waals surface area (Å²) in [4.78, 5) is 62.0. The summed E-state index contributed by atoms with van der Waals surface area (Å²) >= 11 is 6.06. The minimum absolute atomic E-state index is 0.0218. The number of likely N-dealkylation sites (N-methyl/N-ethyl adjacent to an activating group) is 1. The van der Waals surface area contributed by atoms with Gasteiger partial charge in [0, 0.05) is 24.5 Å². The lowest BCUT2D eigenvalue weighted by molar-refractivity contribution is -0.139. The van der Waals surface area contributed by atoms with Gasteiger partial charge in [-0.15, -0.1) is 0 Å². The second-order valence-corrected chi connectivity index (χ2v) is 8.29. The van der Waals surface area contributed by atoms with E-state index in [4.69, 9.17) is 16.3 Å². The van der Waals surface area contributed by atoms with E-state index < -0.39 is 35.7 Å². The average Bonchev–Trinajstić information content (AvgIpc) is 3.27. The Morgan fingerprint density at radius 1 is 1.14 bits per heavy atom. The summed E-state index contributed by atoms with van der Waals surface area (Å²) in [5.74, 6) is -3.33. The first kappa shape index (κ1) is 25.7. The molecule has 0 aromatic heterocycles. The van der Waals surface area contributed by atoms with Crippen molar-refractivity contribution < 1.29 is 28.7 Å². The molecule has 4 N–H and O–H groups in total. The number of carbonyl (C=O) groups excluding carboxylic acids is 5. The lowest BCUT2D eigenvalue weighted by Gasteiger charge is -2.20. The second-order valence-electron chi connectivity index (χ2n) is 7.86. The molecule has 1 fully saturated rings. The molecule has 10 nitrogen and oxygen atoms in total. The van der Waals surface area contributed by atoms with Crippen LogP contribution in [-0.2, 0) is 25.7 Å². The summed E-state index contributed by atoms with van der Waals surface area (Å²) < 4.78 is 5.20. The molecule has 0 saturated carbocycles. The number of rotatable bonds is 9. The molecule has 2 aromatic carbocycles. The predicted octanol–water partition coefficient (Wildman–Crippen LogP) is 2.03. The first-order valence-electron chi connectivity index (χ1n) is 10.9. The number of nitrogens with one attached hydrogen (secondary N) is 4. The third kappa shape index (κ3) is 7.03. The van der Waals surface area contributed by atoms with Gasteiger partial charge in [0.2, 0.25) is 11.7 Å². The van der Waals surface area contributed by atoms with Crippen molar-refractivity contribution in [3.63, 3.8) is 0 Å². The first-order valence-corrected chi connectivity index (χ1v) is 11.3. The molecule has 2 atom stereocenters. The number of carbonyl (C=O) groups is 5. The molecule has 11 heteroatoms. The Morgan fingerprint density at radius 3 is 2.54 bits per heavy atom. The lowest BCUT2D eigenvalue weighted by Crippen LogP contribution is -2.48. The third-order valence-corrected chi connectivity index (χ3v) is 5.67. The molecule has 1 unspecified atom stereocenters. The van der Waals surface area contributed by atoms with Crippen LogP contribution in [0.1, 0.15) is 28.8 Å². The van der Waals surface area contributed by atoms with Crippen molar-refractivity contribution in [2.45, 2.75) is 25.5 Å². The molecule has 184 valence electrons. The van der Waals surface area contributed by atoms with Gasteiger partial charge in [-0.05, 0) is 36.6 Å². The van der Waals surface area contributed by atoms with Gasteiger partial charge in [0.1, 0.15) is 6.61 Å². The van der Waals surface area contributed by atoms with Gasteiger partial charge >= 0.3 is 6.09 Å². The molecule has 1 aliphatic rings. The van der Waals surface area contributed by atoms with Crippen LogP contribution in [-0.4, -0.2) is 49.2 Å². The fourth-order valence-corrected chi connectivity index (χ4v) is 3.76. The van der Waals surface area contributed by atoms with Crippen LogP contribution in [0.5, 0.6) is 0 Å². The van der Waals surface area contributed by atoms with Crippen LogP contribution in [0.4, 0.5) is 10.5 Å². The largest absolute Gasteiger partial charge is 0.444 e. The smallest absolute Gasteiger partial charge is 0.411 e. The molecule has 4 amide bonds. The molecule has 1 aliphatic heterocycles. The van der Waals surface area contributed by atoms with Gasteiger partial charge < -0.3 is 20.7 Å². The highest BCUT2D eigenvalue weighted by molar-refractivity contribution is 6.38. The Balaban J connectivity index is 1.75. The van der Waals surface area contributed by atoms with Crippen LogP contribution in [0, 0.1) is 5.92 Å². The monoisotopic (exact) mass is 500 g/mol. The van der Waals surface area contributed by atoms with Crippen molar-refractivity contribution in [1.29, 1.82) is 0 Å². The fraction of sp³-hybridized carbons (Fsp3) is 0.292. The molecule has 0 radical (unpaired) electrons. The van der Waals surface area contributed by atoms with E-state index in [2.05, 4.69) is 21.3 Å². The highest BCUT2D eigenvalue weighted by atomic mass is 35.5. The number of ketones is 1. The summed E-state index contributed by atoms with van der Waals surface area (Å²) in [7, 11) is 1.29. The lowest BCUT2D eigenvalue weighted by atomic mass is 9.95. The Hall–Kier alpha value is -3.92. The molecule has 3 rings (SSSR count). The van der Waals surface area contributed by atoms with E-state index in [-0.39, 0.29) is 35.2 Å². The molecule has 2 aromatic rings. The van der Waals surface area contributed by atoms with E-state index in [1.165, 1.54) is 25.2 Å². The molecule has 35 heavy (non-hydrogen) atoms. The van der Waals surface area contributed by atoms with E-state index in [0.29, 0.717) is 13.0 Å². The van der Waals surface area contributed by atoms with Crippen LogP contribution in [0.2, 0.25) is 5.02 Å². The van der Waals surface area contributed by atoms with Gasteiger partial charge in [-0.25, -0.2) is 4.79 Å². The van der Waals surface area contributed by atoms with Gasteiger partial charge in [0.25, 0.3) is 11.8 Å². The van der Waals surface area contributed by atoms with Crippen molar-refractivity contribution in [3.05, 3.63) is 64.7 Å². The zero-order valence-electron chi connectivity index (χ0n) is 18.9. The van der Waals surface area contributed by atoms with E-state index in [9.17, 15) is 24.0 Å². The van der Waals surface area contributed by atoms with Crippen LogP contribution in [0.15, 0.2) is 48.5 Å². The number of anilines is 1. The summed E-state index contributed by atoms with van der Waals surface area (Å²) in [6.07, 6.45) is -0.374. The average molecular weight is 501 g/mol. The van der Waals surface area contributed by atoms with Crippen molar-refractivity contribution in [2.75, 3.05) is 18.9 Å². The Morgan fingerprint density at radius 2 is 1.89 bits per heavy atom. The molecule has 0 bridgehead atoms. The summed E-state index contributed by atoms with van der Waals surface area (Å²) in [5, 5.41) is 10.1. The van der Waals surface area contributed by atoms with Crippen LogP contribution >= 0.6 is 11.6 Å². The number of amides is 4. The Labute approximate surface area is 206 Å². The zero-order valence-corrected chi connectivity index (χ0v) is 19.7. The van der Waals surface area contributed by atoms with Crippen molar-refractivity contribution in [3.8, 4) is 0 Å². The van der Waals surface area contributed by atoms with Crippen LogP contribution < -0.4 is 21.3 Å². The fourth-order valence-electron chi connectivity index (χ4n) is 3.59. The minimum Gasteiger partial charge on any atom is -0.444 e. The third-order valence-electron chi connectivity index (χ3n) is 5.43. The highest BCUT2D eigenvalue weighted by Gasteiger charge is 2.34. The van der Waals surface area contributed by atoms with E-state index in [0.717, 1.165) is 5.56 Å². The Kier molecular flexibility index (Phi) is 8.80. The van der Waals surface area contributed by atoms with E-state index >= 15 is 0 Å². The maximum absolute atomic E-state index is 13.1. The maximum atomic E-state index is 13.1. The van der Waals surface area contributed by atoms with Crippen molar-refractivity contribution in [1.82, 2.24) is 16.0 Å². The van der Waals surface area contributed by atoms with Gasteiger partial charge in [-0.1, -0.05) is 41.9 Å². The molecular weight excluding hydrogens is 476 g/mol. The number of hydrogen-bond donors (Lipinski definition) is 4. The summed E-state index contributed by atoms with van der Waals surface area (Å²) in [6.45, 7) is 0.472. The molecule has 0 aliphatic carbocycles. The van der Waals surface area contributed by atoms with Gasteiger partial charge in [-0.3, -0.25) is 24.5 Å². The number of benzene rings is 2. The van der Waals surface area contributed by atoms with Crippen molar-refractivity contribution in [2.24, 2.45) is 5.92 Å². The summed E-state index contributed by atoms with van der Waals surface area (Å²) in [6, 6.07) is 12.0.